The number of carbonyl (C=O) groups excluding carboxylic acids is 3. The van der Waals surface area contributed by atoms with Crippen molar-refractivity contribution in [1.82, 2.24) is 10.6 Å². The van der Waals surface area contributed by atoms with Gasteiger partial charge in [-0.15, -0.1) is 11.6 Å². The van der Waals surface area contributed by atoms with Crippen molar-refractivity contribution < 1.29 is 19.1 Å². The summed E-state index contributed by atoms with van der Waals surface area (Å²) in [6, 6.07) is -0.654. The maximum absolute atomic E-state index is 12.8. The monoisotopic (exact) mass is 384 g/mol. The number of alkyl halides is 1. The van der Waals surface area contributed by atoms with E-state index in [0.717, 1.165) is 38.5 Å². The molecule has 146 valence electrons. The Hall–Kier alpha value is -1.30. The van der Waals surface area contributed by atoms with E-state index in [1.54, 1.807) is 6.92 Å². The fraction of sp³-hybridized carbons (Fsp3) is 0.842. The van der Waals surface area contributed by atoms with Gasteiger partial charge in [0, 0.05) is 11.4 Å². The molecule has 4 rings (SSSR count). The molecule has 0 heterocycles. The molecule has 4 aliphatic rings. The summed E-state index contributed by atoms with van der Waals surface area (Å²) in [5.74, 6) is 0.00388. The molecule has 0 saturated heterocycles. The van der Waals surface area contributed by atoms with Crippen molar-refractivity contribution >= 4 is 29.4 Å². The van der Waals surface area contributed by atoms with Crippen molar-refractivity contribution in [3.05, 3.63) is 0 Å². The summed E-state index contributed by atoms with van der Waals surface area (Å²) >= 11 is 6.74. The molecule has 4 aliphatic carbocycles. The van der Waals surface area contributed by atoms with Crippen LogP contribution in [-0.4, -0.2) is 41.9 Å². The van der Waals surface area contributed by atoms with Crippen LogP contribution in [0.2, 0.25) is 0 Å². The van der Waals surface area contributed by atoms with Crippen LogP contribution in [0.4, 0.5) is 0 Å². The molecule has 0 radical (unpaired) electrons. The Morgan fingerprint density at radius 3 is 2.42 bits per heavy atom. The Morgan fingerprint density at radius 2 is 1.85 bits per heavy atom. The molecule has 0 aromatic carbocycles. The minimum Gasteiger partial charge on any atom is -0.455 e. The van der Waals surface area contributed by atoms with E-state index in [-0.39, 0.29) is 23.4 Å². The predicted molar refractivity (Wildman–Crippen MR) is 97.6 cm³/mol. The normalized spacial score (nSPS) is 35.7. The van der Waals surface area contributed by atoms with Crippen LogP contribution >= 0.6 is 11.6 Å². The number of hydrogen-bond donors (Lipinski definition) is 2. The van der Waals surface area contributed by atoms with Crippen molar-refractivity contribution in [2.45, 2.75) is 69.7 Å². The smallest absolute Gasteiger partial charge is 0.312 e. The van der Waals surface area contributed by atoms with Crippen molar-refractivity contribution in [1.29, 1.82) is 0 Å². The average Bonchev–Trinajstić information content (AvgIpc) is 2.55. The molecule has 0 aromatic rings. The number of halogens is 1. The van der Waals surface area contributed by atoms with Crippen molar-refractivity contribution in [2.24, 2.45) is 17.3 Å². The summed E-state index contributed by atoms with van der Waals surface area (Å²) in [6.45, 7) is 3.79. The van der Waals surface area contributed by atoms with E-state index in [0.29, 0.717) is 24.8 Å². The molecule has 0 spiro atoms. The van der Waals surface area contributed by atoms with Crippen LogP contribution in [0.15, 0.2) is 0 Å². The summed E-state index contributed by atoms with van der Waals surface area (Å²) in [4.78, 5) is 36.3. The first-order chi connectivity index (χ1) is 12.3. The lowest BCUT2D eigenvalue weighted by Gasteiger charge is -2.58. The predicted octanol–water partition coefficient (Wildman–Crippen LogP) is 2.14. The molecular weight excluding hydrogens is 356 g/mol. The number of nitrogens with one attached hydrogen (secondary N) is 2. The summed E-state index contributed by atoms with van der Waals surface area (Å²) in [5, 5.41) is 5.29. The van der Waals surface area contributed by atoms with E-state index >= 15 is 0 Å². The quantitative estimate of drug-likeness (QED) is 0.520. The largest absolute Gasteiger partial charge is 0.455 e. The first-order valence-corrected chi connectivity index (χ1v) is 10.1. The third-order valence-electron chi connectivity index (χ3n) is 6.08. The van der Waals surface area contributed by atoms with Crippen LogP contribution in [0, 0.1) is 17.3 Å². The van der Waals surface area contributed by atoms with Crippen LogP contribution in [0.1, 0.15) is 58.8 Å². The molecule has 2 amide bonds. The highest BCUT2D eigenvalue weighted by atomic mass is 35.5. The lowest BCUT2D eigenvalue weighted by atomic mass is 9.49. The van der Waals surface area contributed by atoms with E-state index in [1.165, 1.54) is 0 Å². The van der Waals surface area contributed by atoms with Crippen molar-refractivity contribution in [2.75, 3.05) is 13.2 Å². The summed E-state index contributed by atoms with van der Waals surface area (Å²) in [7, 11) is 0. The van der Waals surface area contributed by atoms with Crippen LogP contribution in [-0.2, 0) is 19.1 Å². The van der Waals surface area contributed by atoms with E-state index < -0.39 is 17.4 Å². The number of esters is 1. The van der Waals surface area contributed by atoms with Crippen molar-refractivity contribution in [3.63, 3.8) is 0 Å². The molecule has 4 fully saturated rings. The standard InChI is InChI=1S/C19H29ClN2O4/c1-3-4-21-16(24)12(2)22-15(23)10-26-17(25)18-6-13-5-14(7-18)9-19(20,8-13)11-18/h12-14H,3-11H2,1-2H3,(H,21,24)(H,22,23)/t12-,13-,14-,18?,19?/m0/s1. The molecule has 0 aromatic heterocycles. The van der Waals surface area contributed by atoms with Crippen LogP contribution in [0.3, 0.4) is 0 Å². The Kier molecular flexibility index (Phi) is 5.52. The van der Waals surface area contributed by atoms with Crippen molar-refractivity contribution in [3.8, 4) is 0 Å². The number of rotatable bonds is 7. The maximum Gasteiger partial charge on any atom is 0.312 e. The Bertz CT molecular complexity index is 580. The number of carbonyl (C=O) groups is 3. The molecule has 0 unspecified atom stereocenters. The molecule has 26 heavy (non-hydrogen) atoms. The minimum absolute atomic E-state index is 0.239. The topological polar surface area (TPSA) is 84.5 Å². The maximum atomic E-state index is 12.8. The van der Waals surface area contributed by atoms with Gasteiger partial charge >= 0.3 is 5.97 Å². The molecule has 2 N–H and O–H groups in total. The second-order valence-electron chi connectivity index (χ2n) is 8.55. The van der Waals surface area contributed by atoms with Gasteiger partial charge in [-0.25, -0.2) is 0 Å². The molecule has 7 heteroatoms. The highest BCUT2D eigenvalue weighted by Crippen LogP contribution is 2.64. The first kappa shape index (κ1) is 19.5. The SMILES string of the molecule is CCCNC(=O)[C@H](C)NC(=O)COC(=O)C12C[C@@H]3C[C@H](CC(Cl)(C3)C1)C2. The minimum atomic E-state index is -0.654. The highest BCUT2D eigenvalue weighted by Gasteiger charge is 2.60. The third-order valence-corrected chi connectivity index (χ3v) is 6.52. The first-order valence-electron chi connectivity index (χ1n) is 9.68. The second kappa shape index (κ2) is 7.37. The van der Waals surface area contributed by atoms with E-state index in [2.05, 4.69) is 10.6 Å². The summed E-state index contributed by atoms with van der Waals surface area (Å²) in [5.41, 5.74) is -0.518. The van der Waals surface area contributed by atoms with E-state index in [1.807, 2.05) is 6.92 Å². The van der Waals surface area contributed by atoms with Gasteiger partial charge in [-0.3, -0.25) is 14.4 Å². The fourth-order valence-corrected chi connectivity index (χ4v) is 6.12. The van der Waals surface area contributed by atoms with Gasteiger partial charge in [0.05, 0.1) is 5.41 Å². The Balaban J connectivity index is 1.50. The lowest BCUT2D eigenvalue weighted by molar-refractivity contribution is -0.171. The molecule has 0 aliphatic heterocycles. The Morgan fingerprint density at radius 1 is 1.19 bits per heavy atom. The highest BCUT2D eigenvalue weighted by molar-refractivity contribution is 6.24. The molecule has 3 atom stereocenters. The van der Waals surface area contributed by atoms with Crippen LogP contribution in [0.25, 0.3) is 0 Å². The zero-order valence-electron chi connectivity index (χ0n) is 15.6. The summed E-state index contributed by atoms with van der Waals surface area (Å²) in [6.07, 6.45) is 6.29. The molecule has 6 nitrogen and oxygen atoms in total. The number of ether oxygens (including phenoxy) is 1. The zero-order valence-corrected chi connectivity index (χ0v) is 16.4. The van der Waals surface area contributed by atoms with E-state index in [9.17, 15) is 14.4 Å². The van der Waals surface area contributed by atoms with Gasteiger partial charge in [-0.1, -0.05) is 6.92 Å². The van der Waals surface area contributed by atoms with Gasteiger partial charge in [0.2, 0.25) is 5.91 Å². The van der Waals surface area contributed by atoms with Gasteiger partial charge in [-0.2, -0.15) is 0 Å². The van der Waals surface area contributed by atoms with Gasteiger partial charge in [0.1, 0.15) is 6.04 Å². The third kappa shape index (κ3) is 4.00. The molecule has 4 saturated carbocycles. The second-order valence-corrected chi connectivity index (χ2v) is 9.35. The fourth-order valence-electron chi connectivity index (χ4n) is 5.42. The molecular formula is C19H29ClN2O4. The number of amides is 2. The Labute approximate surface area is 159 Å². The van der Waals surface area contributed by atoms with Gasteiger partial charge in [0.25, 0.3) is 5.91 Å². The van der Waals surface area contributed by atoms with E-state index in [4.69, 9.17) is 16.3 Å². The van der Waals surface area contributed by atoms with Gasteiger partial charge in [-0.05, 0) is 63.7 Å². The van der Waals surface area contributed by atoms with Gasteiger partial charge in [0.15, 0.2) is 6.61 Å². The molecule has 4 bridgehead atoms. The lowest BCUT2D eigenvalue weighted by Crippen LogP contribution is -2.56. The van der Waals surface area contributed by atoms with Gasteiger partial charge < -0.3 is 15.4 Å². The average molecular weight is 385 g/mol. The summed E-state index contributed by atoms with van der Waals surface area (Å²) < 4.78 is 5.35. The van der Waals surface area contributed by atoms with Crippen LogP contribution in [0.5, 0.6) is 0 Å². The zero-order chi connectivity index (χ0) is 18.9. The van der Waals surface area contributed by atoms with Crippen LogP contribution < -0.4 is 10.6 Å². The number of hydrogen-bond acceptors (Lipinski definition) is 4.